The van der Waals surface area contributed by atoms with Crippen molar-refractivity contribution in [2.75, 3.05) is 6.61 Å². The van der Waals surface area contributed by atoms with E-state index in [-0.39, 0.29) is 12.5 Å². The summed E-state index contributed by atoms with van der Waals surface area (Å²) in [5, 5.41) is 9.09. The topological polar surface area (TPSA) is 89.6 Å². The second-order valence-electron chi connectivity index (χ2n) is 5.31. The number of ether oxygens (including phenoxy) is 1. The second kappa shape index (κ2) is 3.73. The minimum Gasteiger partial charge on any atom is -0.459 e. The Morgan fingerprint density at radius 1 is 1.44 bits per heavy atom. The lowest BCUT2D eigenvalue weighted by atomic mass is 10.0. The van der Waals surface area contributed by atoms with E-state index in [1.165, 1.54) is 0 Å². The first-order chi connectivity index (χ1) is 7.17. The molecule has 0 heterocycles. The Hall–Kier alpha value is -1.10. The van der Waals surface area contributed by atoms with E-state index in [9.17, 15) is 9.59 Å². The first-order valence-corrected chi connectivity index (χ1v) is 5.32. The standard InChI is InChI=1S/C11H19NO4/c1-6-7(5-13)11(6,8(12)14)9(15)16-10(2,3)4/h6-7,13H,5H2,1-4H3,(H2,12,14). The molecule has 0 aromatic heterocycles. The first kappa shape index (κ1) is 13.0. The van der Waals surface area contributed by atoms with E-state index < -0.39 is 28.8 Å². The number of carbonyl (C=O) groups excluding carboxylic acids is 2. The van der Waals surface area contributed by atoms with Crippen molar-refractivity contribution in [3.63, 3.8) is 0 Å². The van der Waals surface area contributed by atoms with Gasteiger partial charge in [-0.15, -0.1) is 0 Å². The molecule has 5 nitrogen and oxygen atoms in total. The highest BCUT2D eigenvalue weighted by Crippen LogP contribution is 2.59. The summed E-state index contributed by atoms with van der Waals surface area (Å²) < 4.78 is 5.18. The van der Waals surface area contributed by atoms with E-state index in [2.05, 4.69) is 0 Å². The summed E-state index contributed by atoms with van der Waals surface area (Å²) in [5.74, 6) is -2.02. The molecular formula is C11H19NO4. The van der Waals surface area contributed by atoms with Crippen LogP contribution >= 0.6 is 0 Å². The van der Waals surface area contributed by atoms with Crippen LogP contribution in [0.4, 0.5) is 0 Å². The van der Waals surface area contributed by atoms with Gasteiger partial charge in [-0.1, -0.05) is 6.92 Å². The summed E-state index contributed by atoms with van der Waals surface area (Å²) in [6.45, 7) is 6.65. The lowest BCUT2D eigenvalue weighted by Crippen LogP contribution is -2.40. The molecule has 92 valence electrons. The van der Waals surface area contributed by atoms with Crippen LogP contribution in [0.1, 0.15) is 27.7 Å². The molecule has 0 saturated heterocycles. The summed E-state index contributed by atoms with van der Waals surface area (Å²) >= 11 is 0. The molecule has 1 aliphatic rings. The van der Waals surface area contributed by atoms with Gasteiger partial charge in [-0.3, -0.25) is 9.59 Å². The van der Waals surface area contributed by atoms with E-state index >= 15 is 0 Å². The van der Waals surface area contributed by atoms with Crippen LogP contribution in [0.2, 0.25) is 0 Å². The van der Waals surface area contributed by atoms with E-state index in [0.29, 0.717) is 0 Å². The zero-order valence-electron chi connectivity index (χ0n) is 10.1. The Labute approximate surface area is 95.0 Å². The number of primary amides is 1. The third-order valence-electron chi connectivity index (χ3n) is 3.14. The summed E-state index contributed by atoms with van der Waals surface area (Å²) in [4.78, 5) is 23.3. The van der Waals surface area contributed by atoms with Gasteiger partial charge in [0.1, 0.15) is 5.60 Å². The number of nitrogens with two attached hydrogens (primary N) is 1. The average Bonchev–Trinajstić information content (AvgIpc) is 2.68. The molecule has 0 bridgehead atoms. The van der Waals surface area contributed by atoms with E-state index in [0.717, 1.165) is 0 Å². The van der Waals surface area contributed by atoms with Crippen molar-refractivity contribution < 1.29 is 19.4 Å². The SMILES string of the molecule is CC1C(CO)C1(C(N)=O)C(=O)OC(C)(C)C. The van der Waals surface area contributed by atoms with Gasteiger partial charge < -0.3 is 15.6 Å². The summed E-state index contributed by atoms with van der Waals surface area (Å²) in [6, 6.07) is 0. The third kappa shape index (κ3) is 1.80. The van der Waals surface area contributed by atoms with Crippen LogP contribution in [0, 0.1) is 17.3 Å². The molecule has 1 aliphatic carbocycles. The minimum atomic E-state index is -1.33. The van der Waals surface area contributed by atoms with Gasteiger partial charge in [0.2, 0.25) is 5.91 Å². The van der Waals surface area contributed by atoms with Gasteiger partial charge >= 0.3 is 5.97 Å². The fourth-order valence-electron chi connectivity index (χ4n) is 2.16. The molecule has 1 amide bonds. The van der Waals surface area contributed by atoms with Gasteiger partial charge in [0.25, 0.3) is 0 Å². The number of amides is 1. The van der Waals surface area contributed by atoms with Crippen LogP contribution in [0.25, 0.3) is 0 Å². The van der Waals surface area contributed by atoms with Crippen molar-refractivity contribution in [2.45, 2.75) is 33.3 Å². The third-order valence-corrected chi connectivity index (χ3v) is 3.14. The molecule has 16 heavy (non-hydrogen) atoms. The Kier molecular flexibility index (Phi) is 3.02. The summed E-state index contributed by atoms with van der Waals surface area (Å²) in [6.07, 6.45) is 0. The minimum absolute atomic E-state index is 0.233. The number of rotatable bonds is 3. The Bertz CT molecular complexity index is 320. The highest BCUT2D eigenvalue weighted by Gasteiger charge is 2.72. The maximum atomic E-state index is 11.9. The van der Waals surface area contributed by atoms with Gasteiger partial charge in [-0.05, 0) is 26.7 Å². The maximum absolute atomic E-state index is 11.9. The number of hydrogen-bond donors (Lipinski definition) is 2. The van der Waals surface area contributed by atoms with Crippen LogP contribution in [-0.2, 0) is 14.3 Å². The van der Waals surface area contributed by atoms with Crippen molar-refractivity contribution in [2.24, 2.45) is 23.0 Å². The molecule has 0 aliphatic heterocycles. The van der Waals surface area contributed by atoms with Crippen molar-refractivity contribution >= 4 is 11.9 Å². The predicted molar refractivity (Wildman–Crippen MR) is 57.2 cm³/mol. The molecule has 3 unspecified atom stereocenters. The fraction of sp³-hybridized carbons (Fsp3) is 0.818. The molecule has 5 heteroatoms. The Morgan fingerprint density at radius 3 is 2.19 bits per heavy atom. The molecule has 1 fully saturated rings. The monoisotopic (exact) mass is 229 g/mol. The first-order valence-electron chi connectivity index (χ1n) is 5.32. The molecule has 1 saturated carbocycles. The van der Waals surface area contributed by atoms with Crippen molar-refractivity contribution in [1.82, 2.24) is 0 Å². The van der Waals surface area contributed by atoms with Crippen LogP contribution in [0.15, 0.2) is 0 Å². The number of esters is 1. The van der Waals surface area contributed by atoms with Gasteiger partial charge in [-0.25, -0.2) is 0 Å². The zero-order chi connectivity index (χ0) is 12.7. The maximum Gasteiger partial charge on any atom is 0.322 e. The van der Waals surface area contributed by atoms with Crippen molar-refractivity contribution in [3.05, 3.63) is 0 Å². The molecule has 3 N–H and O–H groups in total. The van der Waals surface area contributed by atoms with Gasteiger partial charge in [0, 0.05) is 12.5 Å². The molecular weight excluding hydrogens is 210 g/mol. The number of hydrogen-bond acceptors (Lipinski definition) is 4. The van der Waals surface area contributed by atoms with Crippen LogP contribution in [0.3, 0.4) is 0 Å². The van der Waals surface area contributed by atoms with Gasteiger partial charge in [-0.2, -0.15) is 0 Å². The molecule has 0 aromatic rings. The lowest BCUT2D eigenvalue weighted by molar-refractivity contribution is -0.165. The predicted octanol–water partition coefficient (Wildman–Crippen LogP) is 0.0580. The van der Waals surface area contributed by atoms with E-state index in [1.807, 2.05) is 0 Å². The average molecular weight is 229 g/mol. The van der Waals surface area contributed by atoms with Gasteiger partial charge in [0.05, 0.1) is 0 Å². The summed E-state index contributed by atoms with van der Waals surface area (Å²) in [5.41, 5.74) is 3.26. The quantitative estimate of drug-likeness (QED) is 0.529. The molecule has 3 atom stereocenters. The largest absolute Gasteiger partial charge is 0.459 e. The summed E-state index contributed by atoms with van der Waals surface area (Å²) in [7, 11) is 0. The van der Waals surface area contributed by atoms with Gasteiger partial charge in [0.15, 0.2) is 5.41 Å². The van der Waals surface area contributed by atoms with Crippen molar-refractivity contribution in [1.29, 1.82) is 0 Å². The smallest absolute Gasteiger partial charge is 0.322 e. The fourth-order valence-corrected chi connectivity index (χ4v) is 2.16. The molecule has 0 aromatic carbocycles. The Balaban J connectivity index is 2.91. The van der Waals surface area contributed by atoms with E-state index in [4.69, 9.17) is 15.6 Å². The van der Waals surface area contributed by atoms with Crippen LogP contribution in [-0.4, -0.2) is 29.2 Å². The molecule has 0 radical (unpaired) electrons. The number of carbonyl (C=O) groups is 2. The lowest BCUT2D eigenvalue weighted by Gasteiger charge is -2.23. The number of aliphatic hydroxyl groups is 1. The zero-order valence-corrected chi connectivity index (χ0v) is 10.1. The Morgan fingerprint density at radius 2 is 1.94 bits per heavy atom. The molecule has 0 spiro atoms. The molecule has 1 rings (SSSR count). The van der Waals surface area contributed by atoms with Crippen LogP contribution in [0.5, 0.6) is 0 Å². The highest BCUT2D eigenvalue weighted by atomic mass is 16.6. The number of aliphatic hydroxyl groups excluding tert-OH is 1. The van der Waals surface area contributed by atoms with E-state index in [1.54, 1.807) is 27.7 Å². The second-order valence-corrected chi connectivity index (χ2v) is 5.31. The highest BCUT2D eigenvalue weighted by molar-refractivity contribution is 6.06. The normalized spacial score (nSPS) is 33.3. The van der Waals surface area contributed by atoms with Crippen LogP contribution < -0.4 is 5.73 Å². The van der Waals surface area contributed by atoms with Crippen molar-refractivity contribution in [3.8, 4) is 0 Å².